The van der Waals surface area contributed by atoms with Gasteiger partial charge in [0, 0.05) is 6.04 Å². The lowest BCUT2D eigenvalue weighted by molar-refractivity contribution is 0.411. The molecule has 0 fully saturated rings. The van der Waals surface area contributed by atoms with Crippen molar-refractivity contribution in [2.24, 2.45) is 5.73 Å². The molecule has 0 radical (unpaired) electrons. The van der Waals surface area contributed by atoms with Gasteiger partial charge in [0.05, 0.1) is 18.1 Å². The van der Waals surface area contributed by atoms with E-state index in [1.54, 1.807) is 6.07 Å². The average Bonchev–Trinajstić information content (AvgIpc) is 2.13. The maximum atomic E-state index is 13.1. The Bertz CT molecular complexity index is 387. The maximum absolute atomic E-state index is 13.1. The fraction of sp³-hybridized carbons (Fsp3) is 0.222. The van der Waals surface area contributed by atoms with Gasteiger partial charge in [-0.1, -0.05) is 0 Å². The Morgan fingerprint density at radius 3 is 2.57 bits per heavy atom. The average molecular weight is 198 g/mol. The Morgan fingerprint density at radius 1 is 1.43 bits per heavy atom. The number of benzene rings is 1. The van der Waals surface area contributed by atoms with Crippen molar-refractivity contribution in [3.63, 3.8) is 0 Å². The van der Waals surface area contributed by atoms with Gasteiger partial charge in [-0.2, -0.15) is 5.26 Å². The first-order valence-electron chi connectivity index (χ1n) is 3.87. The topological polar surface area (TPSA) is 70.0 Å². The summed E-state index contributed by atoms with van der Waals surface area (Å²) in [7, 11) is 0. The lowest BCUT2D eigenvalue weighted by Gasteiger charge is -2.11. The van der Waals surface area contributed by atoms with Crippen LogP contribution in [-0.4, -0.2) is 5.11 Å². The fourth-order valence-electron chi connectivity index (χ4n) is 1.11. The second-order valence-corrected chi connectivity index (χ2v) is 2.76. The van der Waals surface area contributed by atoms with Crippen molar-refractivity contribution >= 4 is 0 Å². The SMILES string of the molecule is N#CCC(N)c1c(F)ccc(F)c1O. The Balaban J connectivity index is 3.19. The molecule has 1 rings (SSSR count). The smallest absolute Gasteiger partial charge is 0.165 e. The van der Waals surface area contributed by atoms with E-state index in [4.69, 9.17) is 11.0 Å². The van der Waals surface area contributed by atoms with E-state index in [-0.39, 0.29) is 12.0 Å². The summed E-state index contributed by atoms with van der Waals surface area (Å²) in [6, 6.07) is 2.36. The zero-order valence-corrected chi connectivity index (χ0v) is 7.17. The van der Waals surface area contributed by atoms with Gasteiger partial charge in [-0.3, -0.25) is 0 Å². The van der Waals surface area contributed by atoms with E-state index < -0.39 is 23.4 Å². The van der Waals surface area contributed by atoms with Crippen LogP contribution in [0.4, 0.5) is 8.78 Å². The molecule has 1 atom stereocenters. The number of halogens is 2. The number of hydrogen-bond acceptors (Lipinski definition) is 3. The molecular formula is C9H8F2N2O. The number of nitrogens with zero attached hydrogens (tertiary/aromatic N) is 1. The highest BCUT2D eigenvalue weighted by molar-refractivity contribution is 5.37. The summed E-state index contributed by atoms with van der Waals surface area (Å²) in [5.41, 5.74) is 5.03. The molecule has 74 valence electrons. The molecule has 3 nitrogen and oxygen atoms in total. The van der Waals surface area contributed by atoms with E-state index in [9.17, 15) is 13.9 Å². The number of aromatic hydroxyl groups is 1. The summed E-state index contributed by atoms with van der Waals surface area (Å²) in [4.78, 5) is 0. The second kappa shape index (κ2) is 4.03. The highest BCUT2D eigenvalue weighted by Gasteiger charge is 2.18. The highest BCUT2D eigenvalue weighted by Crippen LogP contribution is 2.29. The number of phenols is 1. The summed E-state index contributed by atoms with van der Waals surface area (Å²) in [6.07, 6.45) is -0.187. The molecule has 5 heteroatoms. The van der Waals surface area contributed by atoms with Crippen LogP contribution in [0.15, 0.2) is 12.1 Å². The Kier molecular flexibility index (Phi) is 2.99. The second-order valence-electron chi connectivity index (χ2n) is 2.76. The number of phenolic OH excluding ortho intramolecular Hbond substituents is 1. The molecule has 0 amide bonds. The first-order chi connectivity index (χ1) is 6.57. The molecule has 0 aliphatic rings. The summed E-state index contributed by atoms with van der Waals surface area (Å²) in [5, 5.41) is 17.5. The lowest BCUT2D eigenvalue weighted by atomic mass is 10.0. The minimum absolute atomic E-state index is 0.187. The molecule has 0 saturated heterocycles. The van der Waals surface area contributed by atoms with Crippen LogP contribution in [0.25, 0.3) is 0 Å². The summed E-state index contributed by atoms with van der Waals surface area (Å²) in [6.45, 7) is 0. The zero-order valence-electron chi connectivity index (χ0n) is 7.17. The largest absolute Gasteiger partial charge is 0.505 e. The quantitative estimate of drug-likeness (QED) is 0.757. The Labute approximate surface area is 79.4 Å². The van der Waals surface area contributed by atoms with Crippen molar-refractivity contribution in [3.8, 4) is 11.8 Å². The van der Waals surface area contributed by atoms with Crippen molar-refractivity contribution in [1.82, 2.24) is 0 Å². The van der Waals surface area contributed by atoms with Crippen molar-refractivity contribution < 1.29 is 13.9 Å². The van der Waals surface area contributed by atoms with Crippen LogP contribution in [-0.2, 0) is 0 Å². The third-order valence-corrected chi connectivity index (χ3v) is 1.80. The van der Waals surface area contributed by atoms with Crippen molar-refractivity contribution in [2.75, 3.05) is 0 Å². The molecule has 0 saturated carbocycles. The molecule has 0 heterocycles. The molecule has 0 aliphatic heterocycles. The van der Waals surface area contributed by atoms with Gasteiger partial charge in [-0.15, -0.1) is 0 Å². The minimum atomic E-state index is -1.02. The third-order valence-electron chi connectivity index (χ3n) is 1.80. The van der Waals surface area contributed by atoms with Crippen LogP contribution in [0.1, 0.15) is 18.0 Å². The first-order valence-corrected chi connectivity index (χ1v) is 3.87. The molecule has 1 aromatic rings. The van der Waals surface area contributed by atoms with Gasteiger partial charge in [-0.05, 0) is 12.1 Å². The molecule has 1 unspecified atom stereocenters. The molecule has 0 spiro atoms. The Morgan fingerprint density at radius 2 is 2.00 bits per heavy atom. The molecule has 0 bridgehead atoms. The van der Waals surface area contributed by atoms with Crippen LogP contribution in [0, 0.1) is 23.0 Å². The van der Waals surface area contributed by atoms with Crippen LogP contribution in [0.2, 0.25) is 0 Å². The number of hydrogen-bond donors (Lipinski definition) is 2. The van der Waals surface area contributed by atoms with Gasteiger partial charge in [0.2, 0.25) is 0 Å². The fourth-order valence-corrected chi connectivity index (χ4v) is 1.11. The monoisotopic (exact) mass is 198 g/mol. The number of nitrogens with two attached hydrogens (primary N) is 1. The van der Waals surface area contributed by atoms with Crippen molar-refractivity contribution in [2.45, 2.75) is 12.5 Å². The van der Waals surface area contributed by atoms with E-state index >= 15 is 0 Å². The van der Waals surface area contributed by atoms with Crippen molar-refractivity contribution in [3.05, 3.63) is 29.3 Å². The van der Waals surface area contributed by atoms with Crippen LogP contribution < -0.4 is 5.73 Å². The van der Waals surface area contributed by atoms with E-state index in [2.05, 4.69) is 0 Å². The number of nitriles is 1. The molecule has 0 aliphatic carbocycles. The van der Waals surface area contributed by atoms with E-state index in [0.717, 1.165) is 12.1 Å². The van der Waals surface area contributed by atoms with Crippen LogP contribution in [0.3, 0.4) is 0 Å². The third kappa shape index (κ3) is 1.80. The van der Waals surface area contributed by atoms with E-state index in [1.807, 2.05) is 0 Å². The zero-order chi connectivity index (χ0) is 10.7. The molecule has 1 aromatic carbocycles. The predicted octanol–water partition coefficient (Wildman–Crippen LogP) is 1.58. The standard InChI is InChI=1S/C9H8F2N2O/c10-5-1-2-6(11)9(14)8(5)7(13)3-4-12/h1-2,7,14H,3,13H2. The summed E-state index contributed by atoms with van der Waals surface area (Å²) >= 11 is 0. The Hall–Kier alpha value is -1.67. The van der Waals surface area contributed by atoms with Crippen molar-refractivity contribution in [1.29, 1.82) is 5.26 Å². The molecule has 0 aromatic heterocycles. The van der Waals surface area contributed by atoms with Gasteiger partial charge >= 0.3 is 0 Å². The maximum Gasteiger partial charge on any atom is 0.165 e. The predicted molar refractivity (Wildman–Crippen MR) is 45.2 cm³/mol. The van der Waals surface area contributed by atoms with Crippen LogP contribution >= 0.6 is 0 Å². The van der Waals surface area contributed by atoms with Gasteiger partial charge in [0.1, 0.15) is 5.82 Å². The van der Waals surface area contributed by atoms with Gasteiger partial charge in [-0.25, -0.2) is 8.78 Å². The van der Waals surface area contributed by atoms with Crippen LogP contribution in [0.5, 0.6) is 5.75 Å². The highest BCUT2D eigenvalue weighted by atomic mass is 19.1. The first kappa shape index (κ1) is 10.4. The molecule has 14 heavy (non-hydrogen) atoms. The molecular weight excluding hydrogens is 190 g/mol. The minimum Gasteiger partial charge on any atom is -0.505 e. The summed E-state index contributed by atoms with van der Waals surface area (Å²) < 4.78 is 25.9. The van der Waals surface area contributed by atoms with Gasteiger partial charge < -0.3 is 10.8 Å². The van der Waals surface area contributed by atoms with E-state index in [1.165, 1.54) is 0 Å². The van der Waals surface area contributed by atoms with Gasteiger partial charge in [0.25, 0.3) is 0 Å². The normalized spacial score (nSPS) is 12.1. The van der Waals surface area contributed by atoms with Gasteiger partial charge in [0.15, 0.2) is 11.6 Å². The lowest BCUT2D eigenvalue weighted by Crippen LogP contribution is -2.12. The number of rotatable bonds is 2. The summed E-state index contributed by atoms with van der Waals surface area (Å²) in [5.74, 6) is -2.59. The van der Waals surface area contributed by atoms with E-state index in [0.29, 0.717) is 0 Å². The molecule has 3 N–H and O–H groups in total.